The molecule has 0 aromatic heterocycles. The van der Waals surface area contributed by atoms with Gasteiger partial charge in [-0.3, -0.25) is 13.9 Å². The Bertz CT molecular complexity index is 1360. The summed E-state index contributed by atoms with van der Waals surface area (Å²) < 4.78 is 55.2. The highest BCUT2D eigenvalue weighted by molar-refractivity contribution is 7.92. The Labute approximate surface area is 222 Å². The molecule has 1 N–H and O–H groups in total. The number of hydrogen-bond acceptors (Lipinski definition) is 4. The molecule has 0 aliphatic heterocycles. The molecule has 0 saturated heterocycles. The average Bonchev–Trinajstić information content (AvgIpc) is 2.87. The Morgan fingerprint density at radius 2 is 1.37 bits per heavy atom. The molecule has 7 nitrogen and oxygen atoms in total. The fourth-order valence-corrected chi connectivity index (χ4v) is 5.16. The summed E-state index contributed by atoms with van der Waals surface area (Å²) in [6.07, 6.45) is 0. The van der Waals surface area contributed by atoms with E-state index in [1.54, 1.807) is 45.0 Å². The Morgan fingerprint density at radius 3 is 1.89 bits per heavy atom. The van der Waals surface area contributed by atoms with Crippen LogP contribution in [0.3, 0.4) is 0 Å². The number of halogens is 2. The van der Waals surface area contributed by atoms with Crippen molar-refractivity contribution in [2.75, 3.05) is 10.8 Å². The second-order valence-corrected chi connectivity index (χ2v) is 11.2. The summed E-state index contributed by atoms with van der Waals surface area (Å²) in [4.78, 5) is 27.7. The molecule has 0 heterocycles. The molecule has 0 radical (unpaired) electrons. The highest BCUT2D eigenvalue weighted by Crippen LogP contribution is 2.25. The summed E-state index contributed by atoms with van der Waals surface area (Å²) in [6.45, 7) is 6.28. The van der Waals surface area contributed by atoms with Crippen molar-refractivity contribution in [3.05, 3.63) is 95.6 Å². The van der Waals surface area contributed by atoms with E-state index in [2.05, 4.69) is 5.32 Å². The van der Waals surface area contributed by atoms with Gasteiger partial charge in [-0.2, -0.15) is 0 Å². The minimum absolute atomic E-state index is 0.0515. The number of carbonyl (C=O) groups excluding carboxylic acids is 2. The molecule has 3 aromatic carbocycles. The van der Waals surface area contributed by atoms with Crippen molar-refractivity contribution in [1.82, 2.24) is 10.2 Å². The number of nitrogens with one attached hydrogen (secondary N) is 1. The maximum Gasteiger partial charge on any atom is 0.264 e. The zero-order valence-corrected chi connectivity index (χ0v) is 22.5. The third kappa shape index (κ3) is 7.16. The monoisotopic (exact) mass is 543 g/mol. The average molecular weight is 544 g/mol. The minimum atomic E-state index is -4.29. The molecule has 0 aliphatic carbocycles. The zero-order valence-electron chi connectivity index (χ0n) is 21.7. The van der Waals surface area contributed by atoms with E-state index in [0.29, 0.717) is 5.56 Å². The number of anilines is 1. The maximum absolute atomic E-state index is 13.7. The van der Waals surface area contributed by atoms with Crippen LogP contribution in [0.2, 0.25) is 0 Å². The van der Waals surface area contributed by atoms with Crippen molar-refractivity contribution in [3.8, 4) is 0 Å². The van der Waals surface area contributed by atoms with Crippen LogP contribution in [0.15, 0.2) is 77.7 Å². The fraction of sp³-hybridized carbons (Fsp3) is 0.286. The van der Waals surface area contributed by atoms with Crippen LogP contribution in [0, 0.1) is 18.6 Å². The van der Waals surface area contributed by atoms with Crippen LogP contribution < -0.4 is 9.62 Å². The number of amides is 2. The number of sulfonamides is 1. The molecule has 3 aromatic rings. The second-order valence-electron chi connectivity index (χ2n) is 9.29. The molecule has 38 heavy (non-hydrogen) atoms. The maximum atomic E-state index is 13.7. The van der Waals surface area contributed by atoms with E-state index in [9.17, 15) is 26.8 Å². The van der Waals surface area contributed by atoms with Gasteiger partial charge in [-0.05, 0) is 81.8 Å². The normalized spacial score (nSPS) is 12.2. The van der Waals surface area contributed by atoms with Gasteiger partial charge in [-0.25, -0.2) is 17.2 Å². The van der Waals surface area contributed by atoms with E-state index >= 15 is 0 Å². The van der Waals surface area contributed by atoms with Crippen molar-refractivity contribution < 1.29 is 26.8 Å². The first kappa shape index (κ1) is 28.8. The fourth-order valence-electron chi connectivity index (χ4n) is 3.75. The van der Waals surface area contributed by atoms with Gasteiger partial charge in [0.05, 0.1) is 10.6 Å². The number of benzene rings is 3. The van der Waals surface area contributed by atoms with Gasteiger partial charge in [-0.15, -0.1) is 0 Å². The van der Waals surface area contributed by atoms with E-state index < -0.39 is 46.1 Å². The summed E-state index contributed by atoms with van der Waals surface area (Å²) in [5.74, 6) is -2.11. The van der Waals surface area contributed by atoms with Crippen molar-refractivity contribution in [1.29, 1.82) is 0 Å². The summed E-state index contributed by atoms with van der Waals surface area (Å²) in [7, 11) is -4.29. The van der Waals surface area contributed by atoms with Crippen LogP contribution in [0.5, 0.6) is 0 Å². The van der Waals surface area contributed by atoms with Crippen LogP contribution in [0.25, 0.3) is 0 Å². The zero-order chi connectivity index (χ0) is 28.0. The molecule has 3 rings (SSSR count). The predicted molar refractivity (Wildman–Crippen MR) is 142 cm³/mol. The molecular formula is C28H31F2N3O4S. The van der Waals surface area contributed by atoms with Gasteiger partial charge in [0.1, 0.15) is 24.2 Å². The van der Waals surface area contributed by atoms with Crippen LogP contribution in [-0.4, -0.2) is 43.8 Å². The largest absolute Gasteiger partial charge is 0.352 e. The van der Waals surface area contributed by atoms with Crippen LogP contribution in [0.1, 0.15) is 31.9 Å². The van der Waals surface area contributed by atoms with Gasteiger partial charge in [0.25, 0.3) is 10.0 Å². The van der Waals surface area contributed by atoms with Gasteiger partial charge in [0, 0.05) is 12.6 Å². The quantitative estimate of drug-likeness (QED) is 0.411. The Morgan fingerprint density at radius 1 is 0.842 bits per heavy atom. The molecule has 0 fully saturated rings. The summed E-state index contributed by atoms with van der Waals surface area (Å²) in [6, 6.07) is 15.2. The SMILES string of the molecule is Cc1ccc(N(CC(=O)N(Cc2ccc(F)cc2)[C@@H](C)C(=O)NC(C)C)S(=O)(=O)c2ccc(F)cc2)cc1. The third-order valence-corrected chi connectivity index (χ3v) is 7.65. The molecule has 2 amide bonds. The van der Waals surface area contributed by atoms with Crippen LogP contribution in [-0.2, 0) is 26.2 Å². The molecule has 0 bridgehead atoms. The summed E-state index contributed by atoms with van der Waals surface area (Å²) in [5.41, 5.74) is 1.68. The van der Waals surface area contributed by atoms with Crippen molar-refractivity contribution in [2.24, 2.45) is 0 Å². The van der Waals surface area contributed by atoms with Crippen molar-refractivity contribution >= 4 is 27.5 Å². The number of carbonyl (C=O) groups is 2. The molecular weight excluding hydrogens is 512 g/mol. The molecule has 202 valence electrons. The number of hydrogen-bond donors (Lipinski definition) is 1. The van der Waals surface area contributed by atoms with Gasteiger partial charge < -0.3 is 10.2 Å². The van der Waals surface area contributed by atoms with Gasteiger partial charge in [0.2, 0.25) is 11.8 Å². The topological polar surface area (TPSA) is 86.8 Å². The third-order valence-electron chi connectivity index (χ3n) is 5.87. The van der Waals surface area contributed by atoms with Crippen molar-refractivity contribution in [3.63, 3.8) is 0 Å². The molecule has 1 atom stereocenters. The van der Waals surface area contributed by atoms with E-state index in [1.165, 1.54) is 29.2 Å². The van der Waals surface area contributed by atoms with Gasteiger partial charge >= 0.3 is 0 Å². The highest BCUT2D eigenvalue weighted by Gasteiger charge is 2.32. The predicted octanol–water partition coefficient (Wildman–Crippen LogP) is 4.41. The highest BCUT2D eigenvalue weighted by atomic mass is 32.2. The molecule has 0 saturated carbocycles. The lowest BCUT2D eigenvalue weighted by Crippen LogP contribution is -2.52. The lowest BCUT2D eigenvalue weighted by molar-refractivity contribution is -0.139. The number of rotatable bonds is 10. The van der Waals surface area contributed by atoms with Gasteiger partial charge in [0.15, 0.2) is 0 Å². The molecule has 10 heteroatoms. The van der Waals surface area contributed by atoms with Crippen molar-refractivity contribution in [2.45, 2.75) is 51.2 Å². The first-order valence-electron chi connectivity index (χ1n) is 12.1. The molecule has 0 unspecified atom stereocenters. The van der Waals surface area contributed by atoms with E-state index in [1.807, 2.05) is 6.92 Å². The van der Waals surface area contributed by atoms with E-state index in [-0.39, 0.29) is 23.2 Å². The minimum Gasteiger partial charge on any atom is -0.352 e. The molecule has 0 spiro atoms. The first-order valence-corrected chi connectivity index (χ1v) is 13.5. The lowest BCUT2D eigenvalue weighted by Gasteiger charge is -2.32. The van der Waals surface area contributed by atoms with Gasteiger partial charge in [-0.1, -0.05) is 29.8 Å². The number of nitrogens with zero attached hydrogens (tertiary/aromatic N) is 2. The standard InChI is InChI=1S/C28H31F2N3O4S/c1-19(2)31-28(35)21(4)32(17-22-7-9-23(29)10-8-22)27(34)18-33(25-13-5-20(3)6-14-25)38(36,37)26-15-11-24(30)12-16-26/h5-16,19,21H,17-18H2,1-4H3,(H,31,35)/t21-/m0/s1. The Balaban J connectivity index is 2.02. The summed E-state index contributed by atoms with van der Waals surface area (Å²) in [5, 5.41) is 2.77. The van der Waals surface area contributed by atoms with Crippen LogP contribution in [0.4, 0.5) is 14.5 Å². The number of aryl methyl sites for hydroxylation is 1. The van der Waals surface area contributed by atoms with Crippen LogP contribution >= 0.6 is 0 Å². The van der Waals surface area contributed by atoms with E-state index in [4.69, 9.17) is 0 Å². The first-order chi connectivity index (χ1) is 17.9. The Kier molecular flexibility index (Phi) is 9.22. The van der Waals surface area contributed by atoms with E-state index in [0.717, 1.165) is 34.1 Å². The summed E-state index contributed by atoms with van der Waals surface area (Å²) >= 11 is 0. The smallest absolute Gasteiger partial charge is 0.264 e. The second kappa shape index (κ2) is 12.2. The Hall–Kier alpha value is -3.79. The lowest BCUT2D eigenvalue weighted by atomic mass is 10.1. The molecule has 0 aliphatic rings.